The molecule has 2 heterocycles. The van der Waals surface area contributed by atoms with E-state index in [9.17, 15) is 14.9 Å². The Bertz CT molecular complexity index is 728. The van der Waals surface area contributed by atoms with Gasteiger partial charge in [0.25, 0.3) is 17.6 Å². The van der Waals surface area contributed by atoms with Gasteiger partial charge in [-0.2, -0.15) is 0 Å². The summed E-state index contributed by atoms with van der Waals surface area (Å²) in [5.74, 6) is -0.208. The van der Waals surface area contributed by atoms with E-state index in [0.717, 1.165) is 11.3 Å². The average molecular weight is 331 g/mol. The lowest BCUT2D eigenvalue weighted by Gasteiger charge is -2.30. The van der Waals surface area contributed by atoms with Gasteiger partial charge in [-0.1, -0.05) is 0 Å². The van der Waals surface area contributed by atoms with E-state index in [-0.39, 0.29) is 17.6 Å². The molecule has 9 nitrogen and oxygen atoms in total. The van der Waals surface area contributed by atoms with Crippen LogP contribution in [0.2, 0.25) is 0 Å². The zero-order chi connectivity index (χ0) is 17.3. The number of rotatable bonds is 2. The van der Waals surface area contributed by atoms with Crippen LogP contribution in [-0.4, -0.2) is 60.4 Å². The van der Waals surface area contributed by atoms with Gasteiger partial charge >= 0.3 is 0 Å². The van der Waals surface area contributed by atoms with Crippen molar-refractivity contribution in [2.75, 3.05) is 20.7 Å². The number of amides is 1. The summed E-state index contributed by atoms with van der Waals surface area (Å²) in [6.07, 6.45) is 0.124. The van der Waals surface area contributed by atoms with Gasteiger partial charge < -0.3 is 4.74 Å². The van der Waals surface area contributed by atoms with E-state index < -0.39 is 17.1 Å². The molecular weight excluding hydrogens is 314 g/mol. The molecule has 0 spiro atoms. The molecule has 0 saturated heterocycles. The minimum atomic E-state index is -0.679. The van der Waals surface area contributed by atoms with Crippen LogP contribution in [0.4, 0.5) is 5.69 Å². The zero-order valence-corrected chi connectivity index (χ0v) is 13.3. The standard InChI is InChI=1S/C15H17N5O4/c1-19-14(21)12-13(18-15(19)24-2)16-8-7-11(17-12)9-3-5-10(6-4-9)20(22)23/h3-6,12-13,16H,7-8H2,1-2H3. The topological polar surface area (TPSA) is 109 Å². The number of nitrogens with zero attached hydrogens (tertiary/aromatic N) is 4. The highest BCUT2D eigenvalue weighted by molar-refractivity contribution is 6.05. The molecule has 0 saturated carbocycles. The summed E-state index contributed by atoms with van der Waals surface area (Å²) in [5.41, 5.74) is 1.51. The van der Waals surface area contributed by atoms with Crippen molar-refractivity contribution < 1.29 is 14.5 Å². The number of nitro groups is 1. The molecule has 126 valence electrons. The fraction of sp³-hybridized carbons (Fsp3) is 0.400. The van der Waals surface area contributed by atoms with Gasteiger partial charge in [0.05, 0.1) is 12.0 Å². The fourth-order valence-corrected chi connectivity index (χ4v) is 2.74. The van der Waals surface area contributed by atoms with E-state index in [1.165, 1.54) is 24.1 Å². The Labute approximate surface area is 138 Å². The summed E-state index contributed by atoms with van der Waals surface area (Å²) < 4.78 is 5.11. The number of methoxy groups -OCH3 is 1. The number of aliphatic imine (C=N–C) groups is 2. The molecule has 0 aliphatic carbocycles. The normalized spacial score (nSPS) is 23.8. The molecule has 0 radical (unpaired) electrons. The summed E-state index contributed by atoms with van der Waals surface area (Å²) in [4.78, 5) is 33.1. The Kier molecular flexibility index (Phi) is 4.26. The number of carbonyl (C=O) groups is 1. The Morgan fingerprint density at radius 2 is 2.04 bits per heavy atom. The fourth-order valence-electron chi connectivity index (χ4n) is 2.74. The number of likely N-dealkylation sites (N-methyl/N-ethyl adjacent to an activating group) is 1. The monoisotopic (exact) mass is 331 g/mol. The predicted octanol–water partition coefficient (Wildman–Crippen LogP) is 0.546. The van der Waals surface area contributed by atoms with Crippen LogP contribution in [0.1, 0.15) is 12.0 Å². The van der Waals surface area contributed by atoms with E-state index in [2.05, 4.69) is 15.3 Å². The molecule has 2 aliphatic heterocycles. The van der Waals surface area contributed by atoms with Gasteiger partial charge in [-0.15, -0.1) is 0 Å². The number of amidine groups is 1. The van der Waals surface area contributed by atoms with Crippen LogP contribution in [0, 0.1) is 10.1 Å². The van der Waals surface area contributed by atoms with Crippen LogP contribution in [0.3, 0.4) is 0 Å². The van der Waals surface area contributed by atoms with Crippen molar-refractivity contribution in [2.45, 2.75) is 18.6 Å². The second kappa shape index (κ2) is 6.36. The van der Waals surface area contributed by atoms with Crippen molar-refractivity contribution in [1.29, 1.82) is 0 Å². The summed E-state index contributed by atoms with van der Waals surface area (Å²) in [7, 11) is 3.05. The number of benzene rings is 1. The van der Waals surface area contributed by atoms with Crippen molar-refractivity contribution in [1.82, 2.24) is 10.2 Å². The predicted molar refractivity (Wildman–Crippen MR) is 87.0 cm³/mol. The Hall–Kier alpha value is -2.81. The summed E-state index contributed by atoms with van der Waals surface area (Å²) >= 11 is 0. The third-order valence-corrected chi connectivity index (χ3v) is 4.02. The van der Waals surface area contributed by atoms with E-state index in [1.54, 1.807) is 19.2 Å². The number of carbonyl (C=O) groups excluding carboxylic acids is 1. The molecule has 24 heavy (non-hydrogen) atoms. The maximum atomic E-state index is 12.5. The van der Waals surface area contributed by atoms with Gasteiger partial charge in [0.2, 0.25) is 0 Å². The van der Waals surface area contributed by atoms with Gasteiger partial charge in [0, 0.05) is 37.9 Å². The van der Waals surface area contributed by atoms with Crippen molar-refractivity contribution in [3.05, 3.63) is 39.9 Å². The third kappa shape index (κ3) is 2.85. The molecule has 0 bridgehead atoms. The van der Waals surface area contributed by atoms with E-state index in [0.29, 0.717) is 13.0 Å². The molecule has 0 aromatic heterocycles. The molecule has 0 fully saturated rings. The quantitative estimate of drug-likeness (QED) is 0.628. The number of hydrogen-bond acceptors (Lipinski definition) is 7. The first-order valence-electron chi connectivity index (χ1n) is 7.45. The highest BCUT2D eigenvalue weighted by Gasteiger charge is 2.38. The molecule has 3 rings (SSSR count). The van der Waals surface area contributed by atoms with E-state index >= 15 is 0 Å². The maximum absolute atomic E-state index is 12.5. The van der Waals surface area contributed by atoms with Crippen molar-refractivity contribution in [3.8, 4) is 0 Å². The second-order valence-corrected chi connectivity index (χ2v) is 5.49. The van der Waals surface area contributed by atoms with Gasteiger partial charge in [0.1, 0.15) is 6.17 Å². The largest absolute Gasteiger partial charge is 0.468 e. The van der Waals surface area contributed by atoms with Crippen LogP contribution in [0.15, 0.2) is 34.3 Å². The first-order valence-corrected chi connectivity index (χ1v) is 7.45. The summed E-state index contributed by atoms with van der Waals surface area (Å²) in [6.45, 7) is 0.592. The van der Waals surface area contributed by atoms with Gasteiger partial charge in [-0.25, -0.2) is 4.99 Å². The second-order valence-electron chi connectivity index (χ2n) is 5.49. The van der Waals surface area contributed by atoms with Crippen LogP contribution in [0.25, 0.3) is 0 Å². The van der Waals surface area contributed by atoms with E-state index in [1.807, 2.05) is 0 Å². The molecule has 2 atom stereocenters. The number of fused-ring (bicyclic) bond motifs is 1. The molecule has 1 N–H and O–H groups in total. The number of ether oxygens (including phenoxy) is 1. The lowest BCUT2D eigenvalue weighted by Crippen LogP contribution is -2.54. The summed E-state index contributed by atoms with van der Waals surface area (Å²) in [5, 5.41) is 13.9. The zero-order valence-electron chi connectivity index (χ0n) is 13.3. The van der Waals surface area contributed by atoms with Crippen LogP contribution in [0.5, 0.6) is 0 Å². The first-order chi connectivity index (χ1) is 11.5. The SMILES string of the molecule is COC1=NC2NCCC(c3ccc([N+](=O)[O-])cc3)=NC2C(=O)N1C. The Morgan fingerprint density at radius 3 is 2.67 bits per heavy atom. The highest BCUT2D eigenvalue weighted by Crippen LogP contribution is 2.20. The van der Waals surface area contributed by atoms with Crippen molar-refractivity contribution in [2.24, 2.45) is 9.98 Å². The minimum Gasteiger partial charge on any atom is -0.468 e. The maximum Gasteiger partial charge on any atom is 0.295 e. The number of hydrogen-bond donors (Lipinski definition) is 1. The van der Waals surface area contributed by atoms with E-state index in [4.69, 9.17) is 4.74 Å². The highest BCUT2D eigenvalue weighted by atomic mass is 16.6. The van der Waals surface area contributed by atoms with Gasteiger partial charge in [-0.05, 0) is 17.7 Å². The Morgan fingerprint density at radius 1 is 1.33 bits per heavy atom. The van der Waals surface area contributed by atoms with Crippen molar-refractivity contribution in [3.63, 3.8) is 0 Å². The van der Waals surface area contributed by atoms with Crippen LogP contribution >= 0.6 is 0 Å². The lowest BCUT2D eigenvalue weighted by molar-refractivity contribution is -0.384. The van der Waals surface area contributed by atoms with Gasteiger partial charge in [-0.3, -0.25) is 30.1 Å². The van der Waals surface area contributed by atoms with Crippen LogP contribution in [-0.2, 0) is 9.53 Å². The Balaban J connectivity index is 1.93. The van der Waals surface area contributed by atoms with Gasteiger partial charge in [0.15, 0.2) is 6.04 Å². The molecule has 2 aliphatic rings. The smallest absolute Gasteiger partial charge is 0.295 e. The molecular formula is C15H17N5O4. The minimum absolute atomic E-state index is 0.0202. The van der Waals surface area contributed by atoms with Crippen molar-refractivity contribution >= 4 is 23.3 Å². The lowest BCUT2D eigenvalue weighted by atomic mass is 10.1. The number of non-ortho nitro benzene ring substituents is 1. The third-order valence-electron chi connectivity index (χ3n) is 4.02. The molecule has 9 heteroatoms. The van der Waals surface area contributed by atoms with Crippen LogP contribution < -0.4 is 5.32 Å². The average Bonchev–Trinajstić information content (AvgIpc) is 2.80. The summed E-state index contributed by atoms with van der Waals surface area (Å²) in [6, 6.07) is 5.74. The number of nitrogens with one attached hydrogen (secondary N) is 1. The molecule has 2 unspecified atom stereocenters. The molecule has 1 aromatic rings. The first kappa shape index (κ1) is 16.1. The molecule has 1 amide bonds. The number of nitro benzene ring substituents is 1. The molecule has 1 aromatic carbocycles.